The van der Waals surface area contributed by atoms with Crippen LogP contribution in [-0.4, -0.2) is 84.5 Å². The number of ketones is 2. The molecule has 2 aliphatic carbocycles. The second-order valence-corrected chi connectivity index (χ2v) is 8.23. The van der Waals surface area contributed by atoms with Gasteiger partial charge in [-0.25, -0.2) is 0 Å². The number of aromatic hydroxyl groups is 2. The van der Waals surface area contributed by atoms with Crippen LogP contribution >= 0.6 is 0 Å². The molecule has 2 aliphatic rings. The minimum Gasteiger partial charge on any atom is -0.507 e. The number of aliphatic hydroxyl groups excluding tert-OH is 2. The molecule has 0 bridgehead atoms. The standard InChI is InChI=1S/C24H34N4O6/c29-13-11-25-7-1-9-27-15-3-4-16(28-10-2-8-26-12-14-30)20-19(15)23(33)21-17(31)5-6-18(32)22(21)24(20)34/h5-6,25-32H,1-4,7-14H2. The zero-order valence-corrected chi connectivity index (χ0v) is 19.2. The second kappa shape index (κ2) is 12.5. The molecule has 186 valence electrons. The van der Waals surface area contributed by atoms with Crippen LogP contribution in [0.25, 0.3) is 0 Å². The number of hydrogen-bond donors (Lipinski definition) is 8. The van der Waals surface area contributed by atoms with Crippen LogP contribution in [0, 0.1) is 0 Å². The molecular weight excluding hydrogens is 440 g/mol. The summed E-state index contributed by atoms with van der Waals surface area (Å²) >= 11 is 0. The van der Waals surface area contributed by atoms with Crippen molar-refractivity contribution in [2.45, 2.75) is 25.7 Å². The van der Waals surface area contributed by atoms with Gasteiger partial charge in [-0.2, -0.15) is 0 Å². The normalized spacial score (nSPS) is 15.5. The van der Waals surface area contributed by atoms with E-state index in [-0.39, 0.29) is 47.0 Å². The van der Waals surface area contributed by atoms with E-state index in [1.165, 1.54) is 12.1 Å². The fourth-order valence-corrected chi connectivity index (χ4v) is 4.26. The molecular formula is C24H34N4O6. The predicted octanol–water partition coefficient (Wildman–Crippen LogP) is -0.0980. The topological polar surface area (TPSA) is 163 Å². The Balaban J connectivity index is 1.88. The molecule has 0 amide bonds. The number of carbonyl (C=O) groups excluding carboxylic acids is 2. The monoisotopic (exact) mass is 474 g/mol. The van der Waals surface area contributed by atoms with E-state index in [9.17, 15) is 19.8 Å². The zero-order chi connectivity index (χ0) is 24.5. The molecule has 34 heavy (non-hydrogen) atoms. The number of allylic oxidation sites excluding steroid dienone is 4. The molecule has 0 saturated heterocycles. The molecule has 0 aliphatic heterocycles. The maximum Gasteiger partial charge on any atom is 0.200 e. The lowest BCUT2D eigenvalue weighted by molar-refractivity contribution is 0.0963. The van der Waals surface area contributed by atoms with Gasteiger partial charge in [0, 0.05) is 37.6 Å². The van der Waals surface area contributed by atoms with Crippen LogP contribution in [0.3, 0.4) is 0 Å². The first kappa shape index (κ1) is 25.7. The van der Waals surface area contributed by atoms with Crippen molar-refractivity contribution in [2.75, 3.05) is 52.5 Å². The molecule has 0 saturated carbocycles. The van der Waals surface area contributed by atoms with Gasteiger partial charge in [-0.3, -0.25) is 9.59 Å². The summed E-state index contributed by atoms with van der Waals surface area (Å²) < 4.78 is 0. The van der Waals surface area contributed by atoms with E-state index in [1.54, 1.807) is 0 Å². The molecule has 1 aromatic carbocycles. The lowest BCUT2D eigenvalue weighted by Gasteiger charge is -2.30. The van der Waals surface area contributed by atoms with Crippen LogP contribution in [-0.2, 0) is 0 Å². The van der Waals surface area contributed by atoms with Gasteiger partial charge in [-0.1, -0.05) is 0 Å². The van der Waals surface area contributed by atoms with Gasteiger partial charge in [0.15, 0.2) is 11.6 Å². The second-order valence-electron chi connectivity index (χ2n) is 8.23. The van der Waals surface area contributed by atoms with Gasteiger partial charge < -0.3 is 41.7 Å². The number of aliphatic hydroxyl groups is 2. The highest BCUT2D eigenvalue weighted by atomic mass is 16.3. The molecule has 0 fully saturated rings. The number of phenolic OH excluding ortho intramolecular Hbond substituents is 2. The van der Waals surface area contributed by atoms with Gasteiger partial charge in [0.05, 0.1) is 35.5 Å². The Morgan fingerprint density at radius 2 is 1.06 bits per heavy atom. The summed E-state index contributed by atoms with van der Waals surface area (Å²) in [4.78, 5) is 27.0. The number of hydrogen-bond acceptors (Lipinski definition) is 10. The largest absolute Gasteiger partial charge is 0.507 e. The Bertz CT molecular complexity index is 895. The van der Waals surface area contributed by atoms with E-state index in [4.69, 9.17) is 10.2 Å². The maximum absolute atomic E-state index is 13.5. The van der Waals surface area contributed by atoms with Crippen LogP contribution in [0.4, 0.5) is 0 Å². The number of nitrogens with one attached hydrogen (secondary N) is 4. The lowest BCUT2D eigenvalue weighted by Crippen LogP contribution is -2.35. The zero-order valence-electron chi connectivity index (χ0n) is 19.2. The highest BCUT2D eigenvalue weighted by Gasteiger charge is 2.41. The summed E-state index contributed by atoms with van der Waals surface area (Å²) in [6.07, 6.45) is 2.57. The van der Waals surface area contributed by atoms with Gasteiger partial charge in [-0.15, -0.1) is 0 Å². The SMILES string of the molecule is O=C1C2=C(NCCCNCCO)CCC(NCCCNCCO)=C2C(=O)c2c(O)ccc(O)c21. The molecule has 0 radical (unpaired) electrons. The van der Waals surface area contributed by atoms with Gasteiger partial charge in [0.2, 0.25) is 0 Å². The van der Waals surface area contributed by atoms with Crippen molar-refractivity contribution < 1.29 is 30.0 Å². The first-order valence-electron chi connectivity index (χ1n) is 11.7. The summed E-state index contributed by atoms with van der Waals surface area (Å²) in [5.41, 5.74) is 1.46. The molecule has 10 nitrogen and oxygen atoms in total. The fourth-order valence-electron chi connectivity index (χ4n) is 4.26. The van der Waals surface area contributed by atoms with Crippen LogP contribution < -0.4 is 21.3 Å². The number of rotatable bonds is 14. The van der Waals surface area contributed by atoms with Gasteiger partial charge in [-0.05, 0) is 50.9 Å². The highest BCUT2D eigenvalue weighted by Crippen LogP contribution is 2.43. The average molecular weight is 475 g/mol. The molecule has 0 aromatic heterocycles. The summed E-state index contributed by atoms with van der Waals surface area (Å²) in [5, 5.41) is 51.2. The van der Waals surface area contributed by atoms with Crippen molar-refractivity contribution >= 4 is 11.6 Å². The maximum atomic E-state index is 13.5. The molecule has 3 rings (SSSR count). The number of phenols is 2. The first-order chi connectivity index (χ1) is 16.5. The summed E-state index contributed by atoms with van der Waals surface area (Å²) in [5.74, 6) is -1.63. The Morgan fingerprint density at radius 3 is 1.44 bits per heavy atom. The van der Waals surface area contributed by atoms with E-state index in [0.29, 0.717) is 63.5 Å². The van der Waals surface area contributed by atoms with E-state index in [0.717, 1.165) is 12.8 Å². The predicted molar refractivity (Wildman–Crippen MR) is 127 cm³/mol. The van der Waals surface area contributed by atoms with Crippen LogP contribution in [0.1, 0.15) is 46.4 Å². The third kappa shape index (κ3) is 5.76. The number of fused-ring (bicyclic) bond motifs is 2. The van der Waals surface area contributed by atoms with Crippen LogP contribution in [0.2, 0.25) is 0 Å². The van der Waals surface area contributed by atoms with Crippen molar-refractivity contribution in [1.82, 2.24) is 21.3 Å². The third-order valence-corrected chi connectivity index (χ3v) is 5.86. The Hall–Kier alpha value is -2.92. The van der Waals surface area contributed by atoms with E-state index in [1.807, 2.05) is 0 Å². The number of Topliss-reactive ketones (excluding diaryl/α,β-unsaturated/α-hetero) is 2. The van der Waals surface area contributed by atoms with Crippen LogP contribution in [0.15, 0.2) is 34.7 Å². The molecule has 0 heterocycles. The van der Waals surface area contributed by atoms with Gasteiger partial charge in [0.1, 0.15) is 11.5 Å². The third-order valence-electron chi connectivity index (χ3n) is 5.86. The molecule has 10 heteroatoms. The van der Waals surface area contributed by atoms with Crippen molar-refractivity contribution in [2.24, 2.45) is 0 Å². The van der Waals surface area contributed by atoms with Crippen molar-refractivity contribution in [3.05, 3.63) is 45.8 Å². The molecule has 0 atom stereocenters. The molecule has 0 unspecified atom stereocenters. The van der Waals surface area contributed by atoms with Crippen LogP contribution in [0.5, 0.6) is 11.5 Å². The highest BCUT2D eigenvalue weighted by molar-refractivity contribution is 6.33. The summed E-state index contributed by atoms with van der Waals surface area (Å²) in [6, 6.07) is 2.44. The Labute approximate surface area is 198 Å². The van der Waals surface area contributed by atoms with Gasteiger partial charge >= 0.3 is 0 Å². The average Bonchev–Trinajstić information content (AvgIpc) is 2.83. The smallest absolute Gasteiger partial charge is 0.200 e. The minimum absolute atomic E-state index is 0.0660. The van der Waals surface area contributed by atoms with Crippen molar-refractivity contribution in [3.63, 3.8) is 0 Å². The van der Waals surface area contributed by atoms with Crippen molar-refractivity contribution in [1.29, 1.82) is 0 Å². The molecule has 1 aromatic rings. The van der Waals surface area contributed by atoms with E-state index in [2.05, 4.69) is 21.3 Å². The number of benzene rings is 1. The lowest BCUT2D eigenvalue weighted by atomic mass is 9.76. The minimum atomic E-state index is -0.484. The first-order valence-corrected chi connectivity index (χ1v) is 11.7. The van der Waals surface area contributed by atoms with E-state index >= 15 is 0 Å². The van der Waals surface area contributed by atoms with Crippen molar-refractivity contribution in [3.8, 4) is 11.5 Å². The fraction of sp³-hybridized carbons (Fsp3) is 0.500. The summed E-state index contributed by atoms with van der Waals surface area (Å²) in [6.45, 7) is 3.69. The molecule has 0 spiro atoms. The Morgan fingerprint density at radius 1 is 0.647 bits per heavy atom. The van der Waals surface area contributed by atoms with E-state index < -0.39 is 11.6 Å². The Kier molecular flexibility index (Phi) is 9.46. The number of carbonyl (C=O) groups is 2. The summed E-state index contributed by atoms with van der Waals surface area (Å²) in [7, 11) is 0. The quantitative estimate of drug-likeness (QED) is 0.135. The van der Waals surface area contributed by atoms with Gasteiger partial charge in [0.25, 0.3) is 0 Å². The molecule has 8 N–H and O–H groups in total.